The summed E-state index contributed by atoms with van der Waals surface area (Å²) < 4.78 is 0. The number of hydrogen-bond donors (Lipinski definition) is 0. The molecule has 0 atom stereocenters. The van der Waals surface area contributed by atoms with Gasteiger partial charge < -0.3 is 0 Å². The minimum atomic E-state index is 0.685. The molecule has 2 nitrogen and oxygen atoms in total. The van der Waals surface area contributed by atoms with Gasteiger partial charge in [-0.1, -0.05) is 32.0 Å². The van der Waals surface area contributed by atoms with Crippen molar-refractivity contribution in [3.05, 3.63) is 35.4 Å². The molecule has 0 amide bonds. The summed E-state index contributed by atoms with van der Waals surface area (Å²) in [6.07, 6.45) is 2.64. The van der Waals surface area contributed by atoms with Crippen molar-refractivity contribution in [2.24, 2.45) is 5.92 Å². The van der Waals surface area contributed by atoms with Gasteiger partial charge in [0.05, 0.1) is 11.6 Å². The smallest absolute Gasteiger partial charge is 0.0995 e. The van der Waals surface area contributed by atoms with Gasteiger partial charge in [-0.3, -0.25) is 4.90 Å². The normalized spacial score (nSPS) is 15.2. The average molecular weight is 228 g/mol. The Balaban J connectivity index is 2.09. The summed E-state index contributed by atoms with van der Waals surface area (Å²) in [6, 6.07) is 11.0. The second-order valence-corrected chi connectivity index (χ2v) is 5.32. The van der Waals surface area contributed by atoms with Crippen LogP contribution in [0.3, 0.4) is 0 Å². The van der Waals surface area contributed by atoms with E-state index in [1.807, 2.05) is 18.2 Å². The molecule has 1 fully saturated rings. The van der Waals surface area contributed by atoms with Gasteiger partial charge >= 0.3 is 0 Å². The number of hydrogen-bond acceptors (Lipinski definition) is 2. The molecule has 2 rings (SSSR count). The first kappa shape index (κ1) is 12.1. The molecule has 0 aliphatic heterocycles. The molecule has 0 unspecified atom stereocenters. The average Bonchev–Trinajstić information content (AvgIpc) is 3.12. The third-order valence-corrected chi connectivity index (χ3v) is 3.17. The summed E-state index contributed by atoms with van der Waals surface area (Å²) >= 11 is 0. The zero-order valence-corrected chi connectivity index (χ0v) is 10.7. The first-order valence-electron chi connectivity index (χ1n) is 6.42. The van der Waals surface area contributed by atoms with Crippen LogP contribution in [0.4, 0.5) is 0 Å². The maximum atomic E-state index is 9.10. The predicted octanol–water partition coefficient (Wildman–Crippen LogP) is 3.18. The highest BCUT2D eigenvalue weighted by atomic mass is 15.2. The van der Waals surface area contributed by atoms with Crippen LogP contribution in [0.5, 0.6) is 0 Å². The zero-order valence-electron chi connectivity index (χ0n) is 10.7. The maximum absolute atomic E-state index is 9.10. The van der Waals surface area contributed by atoms with Crippen molar-refractivity contribution >= 4 is 0 Å². The molecule has 17 heavy (non-hydrogen) atoms. The summed E-state index contributed by atoms with van der Waals surface area (Å²) in [4.78, 5) is 2.53. The topological polar surface area (TPSA) is 27.0 Å². The van der Waals surface area contributed by atoms with Crippen LogP contribution in [0.25, 0.3) is 0 Å². The minimum Gasteiger partial charge on any atom is -0.296 e. The molecule has 1 aromatic carbocycles. The Morgan fingerprint density at radius 3 is 2.65 bits per heavy atom. The van der Waals surface area contributed by atoms with E-state index in [0.717, 1.165) is 24.7 Å². The molecule has 0 aromatic heterocycles. The second-order valence-electron chi connectivity index (χ2n) is 5.32. The summed E-state index contributed by atoms with van der Waals surface area (Å²) in [5, 5.41) is 9.10. The first-order valence-corrected chi connectivity index (χ1v) is 6.42. The zero-order chi connectivity index (χ0) is 12.3. The van der Waals surface area contributed by atoms with Crippen LogP contribution in [0.1, 0.15) is 37.8 Å². The molecule has 0 saturated heterocycles. The van der Waals surface area contributed by atoms with E-state index in [2.05, 4.69) is 30.9 Å². The molecule has 1 aliphatic rings. The lowest BCUT2D eigenvalue weighted by atomic mass is 10.1. The van der Waals surface area contributed by atoms with E-state index in [9.17, 15) is 0 Å². The van der Waals surface area contributed by atoms with E-state index in [0.29, 0.717) is 5.92 Å². The molecule has 2 heteroatoms. The summed E-state index contributed by atoms with van der Waals surface area (Å²) in [6.45, 7) is 6.56. The van der Waals surface area contributed by atoms with Crippen molar-refractivity contribution < 1.29 is 0 Å². The van der Waals surface area contributed by atoms with Gasteiger partial charge in [0.1, 0.15) is 0 Å². The standard InChI is InChI=1S/C15H20N2/c1-12(2)10-17(15-7-8-15)11-14-6-4-3-5-13(14)9-16/h3-6,12,15H,7-8,10-11H2,1-2H3. The van der Waals surface area contributed by atoms with Crippen LogP contribution < -0.4 is 0 Å². The van der Waals surface area contributed by atoms with Crippen molar-refractivity contribution in [2.75, 3.05) is 6.54 Å². The summed E-state index contributed by atoms with van der Waals surface area (Å²) in [5.74, 6) is 0.685. The van der Waals surface area contributed by atoms with Crippen molar-refractivity contribution in [1.29, 1.82) is 5.26 Å². The van der Waals surface area contributed by atoms with E-state index in [-0.39, 0.29) is 0 Å². The molecule has 0 heterocycles. The lowest BCUT2D eigenvalue weighted by Gasteiger charge is -2.24. The van der Waals surface area contributed by atoms with Gasteiger partial charge in [0.2, 0.25) is 0 Å². The molecule has 0 spiro atoms. The van der Waals surface area contributed by atoms with Crippen LogP contribution in [0.15, 0.2) is 24.3 Å². The highest BCUT2D eigenvalue weighted by molar-refractivity contribution is 5.37. The predicted molar refractivity (Wildman–Crippen MR) is 69.4 cm³/mol. The fourth-order valence-electron chi connectivity index (χ4n) is 2.24. The van der Waals surface area contributed by atoms with E-state index in [4.69, 9.17) is 5.26 Å². The van der Waals surface area contributed by atoms with Crippen LogP contribution in [0.2, 0.25) is 0 Å². The Kier molecular flexibility index (Phi) is 3.81. The first-order chi connectivity index (χ1) is 8.20. The highest BCUT2D eigenvalue weighted by Gasteiger charge is 2.29. The Hall–Kier alpha value is -1.33. The Morgan fingerprint density at radius 2 is 2.06 bits per heavy atom. The third-order valence-electron chi connectivity index (χ3n) is 3.17. The molecule has 0 N–H and O–H groups in total. The van der Waals surface area contributed by atoms with Crippen LogP contribution in [-0.4, -0.2) is 17.5 Å². The summed E-state index contributed by atoms with van der Waals surface area (Å²) in [5.41, 5.74) is 1.99. The minimum absolute atomic E-state index is 0.685. The van der Waals surface area contributed by atoms with Gasteiger partial charge in [-0.2, -0.15) is 5.26 Å². The summed E-state index contributed by atoms with van der Waals surface area (Å²) in [7, 11) is 0. The second kappa shape index (κ2) is 5.33. The van der Waals surface area contributed by atoms with Gasteiger partial charge in [0, 0.05) is 19.1 Å². The van der Waals surface area contributed by atoms with E-state index in [1.54, 1.807) is 0 Å². The molecule has 0 bridgehead atoms. The third kappa shape index (κ3) is 3.31. The molecule has 0 radical (unpaired) electrons. The quantitative estimate of drug-likeness (QED) is 0.774. The number of benzene rings is 1. The fraction of sp³-hybridized carbons (Fsp3) is 0.533. The molecular formula is C15H20N2. The SMILES string of the molecule is CC(C)CN(Cc1ccccc1C#N)C1CC1. The fourth-order valence-corrected chi connectivity index (χ4v) is 2.24. The van der Waals surface area contributed by atoms with E-state index < -0.39 is 0 Å². The van der Waals surface area contributed by atoms with E-state index in [1.165, 1.54) is 18.4 Å². The Bertz CT molecular complexity index is 413. The van der Waals surface area contributed by atoms with Gasteiger partial charge in [0.15, 0.2) is 0 Å². The van der Waals surface area contributed by atoms with E-state index >= 15 is 0 Å². The lowest BCUT2D eigenvalue weighted by molar-refractivity contribution is 0.226. The number of nitrogens with zero attached hydrogens (tertiary/aromatic N) is 2. The van der Waals surface area contributed by atoms with Gasteiger partial charge in [0.25, 0.3) is 0 Å². The van der Waals surface area contributed by atoms with Crippen molar-refractivity contribution in [2.45, 2.75) is 39.3 Å². The van der Waals surface area contributed by atoms with Gasteiger partial charge in [-0.25, -0.2) is 0 Å². The van der Waals surface area contributed by atoms with Crippen LogP contribution in [0, 0.1) is 17.2 Å². The molecule has 1 aromatic rings. The van der Waals surface area contributed by atoms with Crippen molar-refractivity contribution in [3.8, 4) is 6.07 Å². The highest BCUT2D eigenvalue weighted by Crippen LogP contribution is 2.29. The van der Waals surface area contributed by atoms with Crippen LogP contribution in [-0.2, 0) is 6.54 Å². The monoisotopic (exact) mass is 228 g/mol. The maximum Gasteiger partial charge on any atom is 0.0995 e. The molecule has 90 valence electrons. The number of nitriles is 1. The lowest BCUT2D eigenvalue weighted by Crippen LogP contribution is -2.29. The Morgan fingerprint density at radius 1 is 1.35 bits per heavy atom. The molecule has 1 aliphatic carbocycles. The van der Waals surface area contributed by atoms with Crippen molar-refractivity contribution in [3.63, 3.8) is 0 Å². The Labute approximate surface area is 104 Å². The number of rotatable bonds is 5. The van der Waals surface area contributed by atoms with Gasteiger partial charge in [-0.05, 0) is 30.4 Å². The van der Waals surface area contributed by atoms with Gasteiger partial charge in [-0.15, -0.1) is 0 Å². The molecular weight excluding hydrogens is 208 g/mol. The molecule has 1 saturated carbocycles. The van der Waals surface area contributed by atoms with Crippen molar-refractivity contribution in [1.82, 2.24) is 4.90 Å². The van der Waals surface area contributed by atoms with Crippen LogP contribution >= 0.6 is 0 Å². The largest absolute Gasteiger partial charge is 0.296 e.